The Morgan fingerprint density at radius 2 is 1.87 bits per heavy atom. The van der Waals surface area contributed by atoms with Gasteiger partial charge in [-0.1, -0.05) is 29.8 Å². The van der Waals surface area contributed by atoms with E-state index in [1.165, 1.54) is 11.1 Å². The van der Waals surface area contributed by atoms with Crippen molar-refractivity contribution in [1.82, 2.24) is 20.3 Å². The average molecular weight is 306 g/mol. The van der Waals surface area contributed by atoms with Gasteiger partial charge >= 0.3 is 0 Å². The molecule has 1 aromatic carbocycles. The van der Waals surface area contributed by atoms with Gasteiger partial charge in [-0.05, 0) is 44.9 Å². The topological polar surface area (TPSA) is 53.6 Å². The fourth-order valence-electron chi connectivity index (χ4n) is 3.51. The monoisotopic (exact) mass is 306 g/mol. The number of H-pyrrole nitrogens is 1. The highest BCUT2D eigenvalue weighted by atomic mass is 15.0. The van der Waals surface area contributed by atoms with Crippen LogP contribution in [0.25, 0.3) is 11.0 Å². The number of rotatable bonds is 2. The third-order valence-corrected chi connectivity index (χ3v) is 4.85. The van der Waals surface area contributed by atoms with Gasteiger partial charge < -0.3 is 10.3 Å². The van der Waals surface area contributed by atoms with Crippen molar-refractivity contribution in [2.75, 3.05) is 6.54 Å². The van der Waals surface area contributed by atoms with E-state index in [1.54, 1.807) is 0 Å². The first-order valence-electron chi connectivity index (χ1n) is 8.32. The van der Waals surface area contributed by atoms with E-state index in [9.17, 15) is 0 Å². The summed E-state index contributed by atoms with van der Waals surface area (Å²) in [7, 11) is 0. The lowest BCUT2D eigenvalue weighted by Crippen LogP contribution is -2.31. The quantitative estimate of drug-likeness (QED) is 0.757. The summed E-state index contributed by atoms with van der Waals surface area (Å²) in [5.74, 6) is 1.41. The summed E-state index contributed by atoms with van der Waals surface area (Å²) < 4.78 is 0. The largest absolute Gasteiger partial charge is 0.358 e. The summed E-state index contributed by atoms with van der Waals surface area (Å²) in [4.78, 5) is 12.8. The molecule has 4 rings (SSSR count). The molecule has 1 aliphatic heterocycles. The lowest BCUT2D eigenvalue weighted by atomic mass is 9.88. The molecule has 3 aromatic rings. The fraction of sp³-hybridized carbons (Fsp3) is 0.368. The molecule has 0 radical (unpaired) electrons. The molecule has 4 nitrogen and oxygen atoms in total. The maximum absolute atomic E-state index is 4.79. The van der Waals surface area contributed by atoms with Crippen LogP contribution in [0.4, 0.5) is 0 Å². The van der Waals surface area contributed by atoms with E-state index in [0.29, 0.717) is 12.0 Å². The van der Waals surface area contributed by atoms with Crippen molar-refractivity contribution in [3.05, 3.63) is 59.2 Å². The van der Waals surface area contributed by atoms with E-state index >= 15 is 0 Å². The average Bonchev–Trinajstić information content (AvgIpc) is 3.05. The molecule has 118 valence electrons. The van der Waals surface area contributed by atoms with Gasteiger partial charge in [-0.2, -0.15) is 0 Å². The molecule has 0 saturated carbocycles. The van der Waals surface area contributed by atoms with E-state index in [4.69, 9.17) is 9.97 Å². The lowest BCUT2D eigenvalue weighted by Gasteiger charge is -2.30. The number of hydrogen-bond acceptors (Lipinski definition) is 3. The molecule has 0 spiro atoms. The number of benzene rings is 1. The van der Waals surface area contributed by atoms with Crippen LogP contribution in [0.3, 0.4) is 0 Å². The third kappa shape index (κ3) is 2.75. The van der Waals surface area contributed by atoms with Crippen LogP contribution in [0.15, 0.2) is 36.5 Å². The van der Waals surface area contributed by atoms with Gasteiger partial charge in [-0.15, -0.1) is 0 Å². The maximum atomic E-state index is 4.79. The van der Waals surface area contributed by atoms with E-state index < -0.39 is 0 Å². The molecule has 1 fully saturated rings. The molecule has 0 bridgehead atoms. The second-order valence-corrected chi connectivity index (χ2v) is 6.54. The number of aromatic nitrogens is 3. The van der Waals surface area contributed by atoms with Crippen molar-refractivity contribution < 1.29 is 0 Å². The lowest BCUT2D eigenvalue weighted by molar-refractivity contribution is 0.360. The van der Waals surface area contributed by atoms with E-state index in [-0.39, 0.29) is 0 Å². The Bertz CT molecular complexity index is 819. The van der Waals surface area contributed by atoms with Crippen molar-refractivity contribution in [2.24, 2.45) is 0 Å². The van der Waals surface area contributed by atoms with Gasteiger partial charge in [0.25, 0.3) is 0 Å². The van der Waals surface area contributed by atoms with Gasteiger partial charge in [0.15, 0.2) is 0 Å². The molecule has 2 atom stereocenters. The first-order chi connectivity index (χ1) is 11.2. The second kappa shape index (κ2) is 5.78. The zero-order chi connectivity index (χ0) is 15.8. The number of aromatic amines is 1. The SMILES string of the molecule is Cc1ccc(C2CC(c3nc(C)c4[nH]ccc4n3)CCN2)cc1. The van der Waals surface area contributed by atoms with E-state index in [2.05, 4.69) is 48.4 Å². The van der Waals surface area contributed by atoms with Crippen molar-refractivity contribution in [1.29, 1.82) is 0 Å². The predicted molar refractivity (Wildman–Crippen MR) is 92.5 cm³/mol. The highest BCUT2D eigenvalue weighted by molar-refractivity contribution is 5.76. The second-order valence-electron chi connectivity index (χ2n) is 6.54. The standard InChI is InChI=1S/C19H22N4/c1-12-3-5-14(6-4-12)17-11-15(7-9-20-17)19-22-13(2)18-16(23-19)8-10-21-18/h3-6,8,10,15,17,20-21H,7,9,11H2,1-2H3. The zero-order valence-electron chi connectivity index (χ0n) is 13.6. The Morgan fingerprint density at radius 1 is 1.04 bits per heavy atom. The first kappa shape index (κ1) is 14.4. The van der Waals surface area contributed by atoms with Crippen molar-refractivity contribution >= 4 is 11.0 Å². The number of hydrogen-bond donors (Lipinski definition) is 2. The Morgan fingerprint density at radius 3 is 2.70 bits per heavy atom. The van der Waals surface area contributed by atoms with Gasteiger partial charge in [0.2, 0.25) is 0 Å². The van der Waals surface area contributed by atoms with Crippen LogP contribution in [-0.4, -0.2) is 21.5 Å². The molecule has 4 heteroatoms. The van der Waals surface area contributed by atoms with Gasteiger partial charge in [-0.3, -0.25) is 0 Å². The van der Waals surface area contributed by atoms with Gasteiger partial charge in [0.05, 0.1) is 16.7 Å². The van der Waals surface area contributed by atoms with E-state index in [1.807, 2.05) is 12.3 Å². The Labute approximate surface area is 136 Å². The summed E-state index contributed by atoms with van der Waals surface area (Å²) in [5, 5.41) is 3.64. The van der Waals surface area contributed by atoms with Crippen LogP contribution in [-0.2, 0) is 0 Å². The van der Waals surface area contributed by atoms with Crippen LogP contribution in [0.1, 0.15) is 47.4 Å². The van der Waals surface area contributed by atoms with Crippen LogP contribution in [0, 0.1) is 13.8 Å². The third-order valence-electron chi connectivity index (χ3n) is 4.85. The highest BCUT2D eigenvalue weighted by Gasteiger charge is 2.26. The summed E-state index contributed by atoms with van der Waals surface area (Å²) in [6.07, 6.45) is 4.09. The molecule has 3 heterocycles. The summed E-state index contributed by atoms with van der Waals surface area (Å²) in [5.41, 5.74) is 5.79. The van der Waals surface area contributed by atoms with Gasteiger partial charge in [0, 0.05) is 18.2 Å². The van der Waals surface area contributed by atoms with Crippen molar-refractivity contribution in [3.63, 3.8) is 0 Å². The number of nitrogens with one attached hydrogen (secondary N) is 2. The minimum absolute atomic E-state index is 0.389. The van der Waals surface area contributed by atoms with Crippen LogP contribution >= 0.6 is 0 Å². The summed E-state index contributed by atoms with van der Waals surface area (Å²) in [6, 6.07) is 11.3. The number of nitrogens with zero attached hydrogens (tertiary/aromatic N) is 2. The molecular weight excluding hydrogens is 284 g/mol. The zero-order valence-corrected chi connectivity index (χ0v) is 13.6. The first-order valence-corrected chi connectivity index (χ1v) is 8.32. The minimum atomic E-state index is 0.389. The van der Waals surface area contributed by atoms with E-state index in [0.717, 1.165) is 41.9 Å². The smallest absolute Gasteiger partial charge is 0.132 e. The molecule has 2 N–H and O–H groups in total. The normalized spacial score (nSPS) is 21.7. The Hall–Kier alpha value is -2.20. The highest BCUT2D eigenvalue weighted by Crippen LogP contribution is 2.33. The minimum Gasteiger partial charge on any atom is -0.358 e. The molecule has 1 saturated heterocycles. The van der Waals surface area contributed by atoms with Crippen LogP contribution in [0.2, 0.25) is 0 Å². The molecule has 23 heavy (non-hydrogen) atoms. The van der Waals surface area contributed by atoms with Gasteiger partial charge in [0.1, 0.15) is 5.82 Å². The Kier molecular flexibility index (Phi) is 3.62. The molecule has 0 aliphatic carbocycles. The molecule has 2 unspecified atom stereocenters. The molecule has 2 aromatic heterocycles. The maximum Gasteiger partial charge on any atom is 0.132 e. The molecule has 0 amide bonds. The summed E-state index contributed by atoms with van der Waals surface area (Å²) >= 11 is 0. The number of piperidine rings is 1. The van der Waals surface area contributed by atoms with Crippen LogP contribution < -0.4 is 5.32 Å². The predicted octanol–water partition coefficient (Wildman–Crippen LogP) is 3.78. The summed E-state index contributed by atoms with van der Waals surface area (Å²) in [6.45, 7) is 5.20. The fourth-order valence-corrected chi connectivity index (χ4v) is 3.51. The number of fused-ring (bicyclic) bond motifs is 1. The molecular formula is C19H22N4. The van der Waals surface area contributed by atoms with Crippen molar-refractivity contribution in [3.8, 4) is 0 Å². The van der Waals surface area contributed by atoms with Gasteiger partial charge in [-0.25, -0.2) is 9.97 Å². The van der Waals surface area contributed by atoms with Crippen LogP contribution in [0.5, 0.6) is 0 Å². The molecule has 1 aliphatic rings. The Balaban J connectivity index is 1.61. The van der Waals surface area contributed by atoms with Crippen molar-refractivity contribution in [2.45, 2.75) is 38.6 Å². The number of aryl methyl sites for hydroxylation is 2.